The molecule has 0 rings (SSSR count). The summed E-state index contributed by atoms with van der Waals surface area (Å²) < 4.78 is 0. The molecular formula is C11H22BrNO. The van der Waals surface area contributed by atoms with Crippen molar-refractivity contribution in [2.75, 3.05) is 11.9 Å². The third-order valence-electron chi connectivity index (χ3n) is 2.57. The molecule has 14 heavy (non-hydrogen) atoms. The van der Waals surface area contributed by atoms with Crippen molar-refractivity contribution in [1.82, 2.24) is 4.90 Å². The molecule has 0 spiro atoms. The molecule has 0 aromatic rings. The zero-order valence-electron chi connectivity index (χ0n) is 9.72. The summed E-state index contributed by atoms with van der Waals surface area (Å²) in [5, 5.41) is 0.858. The van der Waals surface area contributed by atoms with E-state index in [1.807, 2.05) is 4.90 Å². The molecule has 84 valence electrons. The number of alkyl halides is 1. The fourth-order valence-corrected chi connectivity index (χ4v) is 1.97. The Bertz CT molecular complexity index is 167. The van der Waals surface area contributed by atoms with Gasteiger partial charge in [-0.1, -0.05) is 29.8 Å². The summed E-state index contributed by atoms with van der Waals surface area (Å²) in [5.74, 6) is 0.515. The summed E-state index contributed by atoms with van der Waals surface area (Å²) in [6, 6.07) is 0.306. The Morgan fingerprint density at radius 1 is 1.29 bits per heavy atom. The Morgan fingerprint density at radius 3 is 2.07 bits per heavy atom. The van der Waals surface area contributed by atoms with E-state index in [0.29, 0.717) is 11.9 Å². The molecule has 0 bridgehead atoms. The predicted octanol–water partition coefficient (Wildman–Crippen LogP) is 3.05. The highest BCUT2D eigenvalue weighted by Gasteiger charge is 2.22. The van der Waals surface area contributed by atoms with Gasteiger partial charge in [0.1, 0.15) is 0 Å². The van der Waals surface area contributed by atoms with Crippen LogP contribution >= 0.6 is 15.9 Å². The number of carbonyl (C=O) groups is 1. The van der Waals surface area contributed by atoms with Gasteiger partial charge >= 0.3 is 0 Å². The number of halogens is 1. The largest absolute Gasteiger partial charge is 0.339 e. The van der Waals surface area contributed by atoms with Gasteiger partial charge in [-0.15, -0.1) is 0 Å². The molecule has 0 atom stereocenters. The van der Waals surface area contributed by atoms with Gasteiger partial charge in [-0.2, -0.15) is 0 Å². The zero-order chi connectivity index (χ0) is 11.1. The normalized spacial score (nSPS) is 11.1. The van der Waals surface area contributed by atoms with Crippen molar-refractivity contribution in [2.45, 2.75) is 46.6 Å². The van der Waals surface area contributed by atoms with Gasteiger partial charge in [0.2, 0.25) is 5.91 Å². The Labute approximate surface area is 96.2 Å². The number of hydrogen-bond donors (Lipinski definition) is 0. The van der Waals surface area contributed by atoms with E-state index in [9.17, 15) is 4.79 Å². The van der Waals surface area contributed by atoms with Crippen molar-refractivity contribution in [1.29, 1.82) is 0 Å². The summed E-state index contributed by atoms with van der Waals surface area (Å²) in [6.45, 7) is 9.12. The molecule has 0 aliphatic rings. The smallest absolute Gasteiger partial charge is 0.225 e. The zero-order valence-corrected chi connectivity index (χ0v) is 11.3. The van der Waals surface area contributed by atoms with E-state index >= 15 is 0 Å². The Kier molecular flexibility index (Phi) is 7.24. The minimum atomic E-state index is 0.205. The molecule has 0 aliphatic heterocycles. The fourth-order valence-electron chi connectivity index (χ4n) is 1.59. The van der Waals surface area contributed by atoms with Crippen LogP contribution in [0.1, 0.15) is 40.5 Å². The summed E-state index contributed by atoms with van der Waals surface area (Å²) in [4.78, 5) is 14.0. The topological polar surface area (TPSA) is 20.3 Å². The molecule has 0 unspecified atom stereocenters. The van der Waals surface area contributed by atoms with Gasteiger partial charge in [-0.3, -0.25) is 4.79 Å². The molecule has 0 N–H and O–H groups in total. The maximum absolute atomic E-state index is 12.0. The van der Waals surface area contributed by atoms with Crippen LogP contribution in [0, 0.1) is 5.92 Å². The standard InChI is InChI=1S/C11H22BrNO/c1-5-10(6-2)11(14)13(8-7-12)9(3)4/h9-10H,5-8H2,1-4H3. The lowest BCUT2D eigenvalue weighted by Crippen LogP contribution is -2.41. The van der Waals surface area contributed by atoms with Crippen LogP contribution in [0.15, 0.2) is 0 Å². The summed E-state index contributed by atoms with van der Waals surface area (Å²) in [6.07, 6.45) is 1.89. The highest BCUT2D eigenvalue weighted by Crippen LogP contribution is 2.14. The van der Waals surface area contributed by atoms with Crippen molar-refractivity contribution in [3.05, 3.63) is 0 Å². The van der Waals surface area contributed by atoms with Gasteiger partial charge in [0, 0.05) is 23.8 Å². The van der Waals surface area contributed by atoms with Gasteiger partial charge < -0.3 is 4.90 Å². The Morgan fingerprint density at radius 2 is 1.79 bits per heavy atom. The number of carbonyl (C=O) groups excluding carboxylic acids is 1. The molecule has 0 heterocycles. The molecule has 1 amide bonds. The average molecular weight is 264 g/mol. The van der Waals surface area contributed by atoms with Crippen LogP contribution in [0.4, 0.5) is 0 Å². The lowest BCUT2D eigenvalue weighted by molar-refractivity contribution is -0.137. The fraction of sp³-hybridized carbons (Fsp3) is 0.909. The third-order valence-corrected chi connectivity index (χ3v) is 2.92. The molecule has 0 fully saturated rings. The van der Waals surface area contributed by atoms with E-state index in [2.05, 4.69) is 43.6 Å². The van der Waals surface area contributed by atoms with Crippen molar-refractivity contribution in [3.63, 3.8) is 0 Å². The van der Waals surface area contributed by atoms with E-state index in [4.69, 9.17) is 0 Å². The van der Waals surface area contributed by atoms with Crippen LogP contribution in [-0.2, 0) is 4.79 Å². The number of hydrogen-bond acceptors (Lipinski definition) is 1. The van der Waals surface area contributed by atoms with E-state index in [0.717, 1.165) is 24.7 Å². The first-order chi connectivity index (χ1) is 6.58. The quantitative estimate of drug-likeness (QED) is 0.675. The molecular weight excluding hydrogens is 242 g/mol. The molecule has 0 saturated heterocycles. The molecule has 0 aromatic carbocycles. The van der Waals surface area contributed by atoms with Crippen molar-refractivity contribution in [3.8, 4) is 0 Å². The van der Waals surface area contributed by atoms with Crippen LogP contribution in [0.2, 0.25) is 0 Å². The second-order valence-corrected chi connectivity index (χ2v) is 4.62. The summed E-state index contributed by atoms with van der Waals surface area (Å²) in [5.41, 5.74) is 0. The van der Waals surface area contributed by atoms with Crippen molar-refractivity contribution >= 4 is 21.8 Å². The second-order valence-electron chi connectivity index (χ2n) is 3.83. The van der Waals surface area contributed by atoms with Gasteiger partial charge in [0.25, 0.3) is 0 Å². The maximum Gasteiger partial charge on any atom is 0.225 e. The molecule has 3 heteroatoms. The van der Waals surface area contributed by atoms with Crippen LogP contribution in [-0.4, -0.2) is 28.7 Å². The van der Waals surface area contributed by atoms with Crippen LogP contribution < -0.4 is 0 Å². The van der Waals surface area contributed by atoms with Gasteiger partial charge in [-0.25, -0.2) is 0 Å². The van der Waals surface area contributed by atoms with Crippen LogP contribution in [0.3, 0.4) is 0 Å². The van der Waals surface area contributed by atoms with Gasteiger partial charge in [0.15, 0.2) is 0 Å². The first kappa shape index (κ1) is 13.9. The first-order valence-corrected chi connectivity index (χ1v) is 6.56. The average Bonchev–Trinajstić information content (AvgIpc) is 2.15. The predicted molar refractivity (Wildman–Crippen MR) is 64.7 cm³/mol. The molecule has 0 aromatic heterocycles. The van der Waals surface area contributed by atoms with E-state index in [1.165, 1.54) is 0 Å². The lowest BCUT2D eigenvalue weighted by atomic mass is 10.0. The van der Waals surface area contributed by atoms with Crippen molar-refractivity contribution < 1.29 is 4.79 Å². The minimum Gasteiger partial charge on any atom is -0.339 e. The number of amides is 1. The molecule has 2 nitrogen and oxygen atoms in total. The molecule has 0 radical (unpaired) electrons. The number of rotatable bonds is 6. The Balaban J connectivity index is 4.40. The first-order valence-electron chi connectivity index (χ1n) is 5.44. The molecule has 0 aliphatic carbocycles. The molecule has 0 saturated carbocycles. The van der Waals surface area contributed by atoms with Gasteiger partial charge in [-0.05, 0) is 26.7 Å². The maximum atomic E-state index is 12.0. The minimum absolute atomic E-state index is 0.205. The van der Waals surface area contributed by atoms with Crippen LogP contribution in [0.5, 0.6) is 0 Å². The van der Waals surface area contributed by atoms with Crippen LogP contribution in [0.25, 0.3) is 0 Å². The highest BCUT2D eigenvalue weighted by molar-refractivity contribution is 9.09. The van der Waals surface area contributed by atoms with E-state index in [1.54, 1.807) is 0 Å². The van der Waals surface area contributed by atoms with Gasteiger partial charge in [0.05, 0.1) is 0 Å². The third kappa shape index (κ3) is 3.99. The monoisotopic (exact) mass is 263 g/mol. The van der Waals surface area contributed by atoms with E-state index in [-0.39, 0.29) is 5.92 Å². The van der Waals surface area contributed by atoms with E-state index < -0.39 is 0 Å². The Hall–Kier alpha value is -0.0500. The second kappa shape index (κ2) is 7.27. The number of nitrogens with zero attached hydrogens (tertiary/aromatic N) is 1. The summed E-state index contributed by atoms with van der Waals surface area (Å²) in [7, 11) is 0. The SMILES string of the molecule is CCC(CC)C(=O)N(CCBr)C(C)C. The van der Waals surface area contributed by atoms with Crippen molar-refractivity contribution in [2.24, 2.45) is 5.92 Å². The highest BCUT2D eigenvalue weighted by atomic mass is 79.9. The summed E-state index contributed by atoms with van der Waals surface area (Å²) >= 11 is 3.39. The lowest BCUT2D eigenvalue weighted by Gasteiger charge is -2.29.